The fraction of sp³-hybridized carbons (Fsp3) is 0.148. The topological polar surface area (TPSA) is 87.2 Å². The number of nitriles is 1. The highest BCUT2D eigenvalue weighted by Gasteiger charge is 2.65. The molecule has 1 unspecified atom stereocenters. The molecule has 0 aromatic heterocycles. The number of Topliss-reactive ketones (excluding diaryl/α,β-unsaturated/α-hetero) is 1. The summed E-state index contributed by atoms with van der Waals surface area (Å²) in [6, 6.07) is 22.4. The van der Waals surface area contributed by atoms with E-state index in [1.54, 1.807) is 30.3 Å². The minimum atomic E-state index is -1.74. The SMILES string of the molecule is N#C[C@@]1(C(N)=O)C2C=Cc3ccccc3N2[C@H](C(=O)c2ccccc2)[C@H]1c1ccc(F)cc1. The van der Waals surface area contributed by atoms with Crippen LogP contribution in [0.2, 0.25) is 0 Å². The Bertz CT molecular complexity index is 1310. The number of para-hydroxylation sites is 1. The lowest BCUT2D eigenvalue weighted by Gasteiger charge is -2.36. The van der Waals surface area contributed by atoms with E-state index < -0.39 is 35.1 Å². The Morgan fingerprint density at radius 1 is 0.970 bits per heavy atom. The van der Waals surface area contributed by atoms with E-state index in [-0.39, 0.29) is 5.78 Å². The smallest absolute Gasteiger partial charge is 0.241 e. The molecular weight excluding hydrogens is 417 g/mol. The van der Waals surface area contributed by atoms with Crippen molar-refractivity contribution in [1.82, 2.24) is 0 Å². The van der Waals surface area contributed by atoms with Gasteiger partial charge in [0, 0.05) is 17.2 Å². The zero-order valence-electron chi connectivity index (χ0n) is 17.6. The number of primary amides is 1. The Kier molecular flexibility index (Phi) is 4.83. The van der Waals surface area contributed by atoms with E-state index in [9.17, 15) is 19.2 Å². The number of ketones is 1. The van der Waals surface area contributed by atoms with Crippen LogP contribution in [0.25, 0.3) is 6.08 Å². The molecule has 0 radical (unpaired) electrons. The van der Waals surface area contributed by atoms with E-state index in [1.165, 1.54) is 24.3 Å². The van der Waals surface area contributed by atoms with E-state index in [0.717, 1.165) is 11.3 Å². The van der Waals surface area contributed by atoms with Crippen LogP contribution in [0.3, 0.4) is 0 Å². The summed E-state index contributed by atoms with van der Waals surface area (Å²) in [5, 5.41) is 10.4. The summed E-state index contributed by atoms with van der Waals surface area (Å²) in [5.74, 6) is -2.42. The third-order valence-corrected chi connectivity index (χ3v) is 6.69. The van der Waals surface area contributed by atoms with E-state index in [1.807, 2.05) is 41.3 Å². The Morgan fingerprint density at radius 3 is 2.30 bits per heavy atom. The number of benzene rings is 3. The first kappa shape index (κ1) is 20.7. The summed E-state index contributed by atoms with van der Waals surface area (Å²) < 4.78 is 13.8. The lowest BCUT2D eigenvalue weighted by Crippen LogP contribution is -2.49. The van der Waals surface area contributed by atoms with Crippen molar-refractivity contribution >= 4 is 23.5 Å². The van der Waals surface area contributed by atoms with Crippen LogP contribution in [0.15, 0.2) is 84.9 Å². The van der Waals surface area contributed by atoms with Gasteiger partial charge in [-0.3, -0.25) is 9.59 Å². The molecule has 1 saturated heterocycles. The number of nitrogens with two attached hydrogens (primary N) is 1. The van der Waals surface area contributed by atoms with Crippen LogP contribution in [0.1, 0.15) is 27.4 Å². The molecule has 2 aliphatic rings. The Labute approximate surface area is 190 Å². The van der Waals surface area contributed by atoms with Gasteiger partial charge in [0.15, 0.2) is 11.2 Å². The molecule has 3 aromatic rings. The number of hydrogen-bond donors (Lipinski definition) is 1. The van der Waals surface area contributed by atoms with Gasteiger partial charge in [0.25, 0.3) is 0 Å². The second-order valence-corrected chi connectivity index (χ2v) is 8.32. The summed E-state index contributed by atoms with van der Waals surface area (Å²) in [7, 11) is 0. The van der Waals surface area contributed by atoms with Gasteiger partial charge >= 0.3 is 0 Å². The van der Waals surface area contributed by atoms with Gasteiger partial charge in [0.1, 0.15) is 11.9 Å². The van der Waals surface area contributed by atoms with Gasteiger partial charge in [-0.25, -0.2) is 4.39 Å². The number of rotatable bonds is 4. The van der Waals surface area contributed by atoms with Crippen LogP contribution in [0.4, 0.5) is 10.1 Å². The van der Waals surface area contributed by atoms with Crippen molar-refractivity contribution in [2.75, 3.05) is 4.90 Å². The molecule has 5 rings (SSSR count). The van der Waals surface area contributed by atoms with Crippen molar-refractivity contribution in [2.45, 2.75) is 18.0 Å². The van der Waals surface area contributed by atoms with Gasteiger partial charge < -0.3 is 10.6 Å². The zero-order chi connectivity index (χ0) is 23.2. The highest BCUT2D eigenvalue weighted by molar-refractivity contribution is 6.06. The molecule has 2 N–H and O–H groups in total. The lowest BCUT2D eigenvalue weighted by atomic mass is 9.67. The average Bonchev–Trinajstić information content (AvgIpc) is 3.16. The summed E-state index contributed by atoms with van der Waals surface area (Å²) in [5.41, 5.74) is 6.76. The number of carbonyl (C=O) groups is 2. The van der Waals surface area contributed by atoms with Gasteiger partial charge in [-0.15, -0.1) is 0 Å². The van der Waals surface area contributed by atoms with Crippen molar-refractivity contribution in [3.8, 4) is 6.07 Å². The van der Waals surface area contributed by atoms with Gasteiger partial charge in [0.2, 0.25) is 5.91 Å². The van der Waals surface area contributed by atoms with E-state index in [4.69, 9.17) is 5.73 Å². The van der Waals surface area contributed by atoms with Crippen molar-refractivity contribution in [2.24, 2.45) is 11.1 Å². The number of nitrogens with zero attached hydrogens (tertiary/aromatic N) is 2. The van der Waals surface area contributed by atoms with Gasteiger partial charge in [-0.05, 0) is 29.3 Å². The molecule has 1 fully saturated rings. The molecule has 2 heterocycles. The second kappa shape index (κ2) is 7.72. The quantitative estimate of drug-likeness (QED) is 0.624. The molecule has 0 spiro atoms. The molecular formula is C27H20FN3O2. The molecule has 0 saturated carbocycles. The summed E-state index contributed by atoms with van der Waals surface area (Å²) in [6.07, 6.45) is 3.62. The maximum absolute atomic E-state index is 14.0. The van der Waals surface area contributed by atoms with Crippen LogP contribution in [-0.4, -0.2) is 23.8 Å². The molecule has 1 amide bonds. The molecule has 3 aromatic carbocycles. The fourth-order valence-electron chi connectivity index (χ4n) is 5.24. The Morgan fingerprint density at radius 2 is 1.64 bits per heavy atom. The molecule has 4 atom stereocenters. The number of anilines is 1. The first-order chi connectivity index (χ1) is 16.0. The molecule has 2 aliphatic heterocycles. The first-order valence-corrected chi connectivity index (χ1v) is 10.6. The largest absolute Gasteiger partial charge is 0.368 e. The molecule has 162 valence electrons. The van der Waals surface area contributed by atoms with Crippen molar-refractivity contribution < 1.29 is 14.0 Å². The molecule has 0 aliphatic carbocycles. The van der Waals surface area contributed by atoms with Gasteiger partial charge in [0.05, 0.1) is 12.1 Å². The monoisotopic (exact) mass is 437 g/mol. The average molecular weight is 437 g/mol. The normalized spacial score (nSPS) is 25.1. The fourth-order valence-corrected chi connectivity index (χ4v) is 5.24. The van der Waals surface area contributed by atoms with Crippen molar-refractivity contribution in [3.63, 3.8) is 0 Å². The van der Waals surface area contributed by atoms with Crippen molar-refractivity contribution in [3.05, 3.63) is 107 Å². The summed E-state index contributed by atoms with van der Waals surface area (Å²) >= 11 is 0. The lowest BCUT2D eigenvalue weighted by molar-refractivity contribution is -0.125. The minimum absolute atomic E-state index is 0.238. The van der Waals surface area contributed by atoms with Crippen LogP contribution in [0, 0.1) is 22.6 Å². The van der Waals surface area contributed by atoms with E-state index >= 15 is 0 Å². The van der Waals surface area contributed by atoms with Gasteiger partial charge in [-0.1, -0.05) is 72.8 Å². The number of hydrogen-bond acceptors (Lipinski definition) is 4. The number of amides is 1. The summed E-state index contributed by atoms with van der Waals surface area (Å²) in [4.78, 5) is 28.9. The van der Waals surface area contributed by atoms with Crippen molar-refractivity contribution in [1.29, 1.82) is 5.26 Å². The standard InChI is InChI=1S/C27H20FN3O2/c28-20-13-10-18(11-14-20)23-24(25(32)19-7-2-1-3-8-19)31-21-9-5-4-6-17(21)12-15-22(31)27(23,16-29)26(30)33/h1-15,22-24H,(H2,30,33)/t22?,23-,24+,27-/m1/s1. The number of carbonyl (C=O) groups excluding carboxylic acids is 2. The van der Waals surface area contributed by atoms with E-state index in [2.05, 4.69) is 6.07 Å². The predicted octanol–water partition coefficient (Wildman–Crippen LogP) is 4.07. The highest BCUT2D eigenvalue weighted by atomic mass is 19.1. The molecule has 0 bridgehead atoms. The molecule has 6 heteroatoms. The minimum Gasteiger partial charge on any atom is -0.368 e. The summed E-state index contributed by atoms with van der Waals surface area (Å²) in [6.45, 7) is 0. The highest BCUT2D eigenvalue weighted by Crippen LogP contribution is 2.55. The Hall–Kier alpha value is -4.24. The number of halogens is 1. The van der Waals surface area contributed by atoms with E-state index in [0.29, 0.717) is 11.1 Å². The van der Waals surface area contributed by atoms with Crippen LogP contribution < -0.4 is 10.6 Å². The third kappa shape index (κ3) is 2.97. The zero-order valence-corrected chi connectivity index (χ0v) is 17.6. The Balaban J connectivity index is 1.81. The second-order valence-electron chi connectivity index (χ2n) is 8.32. The van der Waals surface area contributed by atoms with Crippen LogP contribution >= 0.6 is 0 Å². The number of fused-ring (bicyclic) bond motifs is 3. The van der Waals surface area contributed by atoms with Crippen LogP contribution in [0.5, 0.6) is 0 Å². The predicted molar refractivity (Wildman–Crippen MR) is 123 cm³/mol. The third-order valence-electron chi connectivity index (χ3n) is 6.69. The maximum atomic E-state index is 14.0. The maximum Gasteiger partial charge on any atom is 0.241 e. The first-order valence-electron chi connectivity index (χ1n) is 10.6. The van der Waals surface area contributed by atoms with Crippen LogP contribution in [-0.2, 0) is 4.79 Å². The molecule has 33 heavy (non-hydrogen) atoms. The van der Waals surface area contributed by atoms with Gasteiger partial charge in [-0.2, -0.15) is 5.26 Å². The molecule has 5 nitrogen and oxygen atoms in total.